The van der Waals surface area contributed by atoms with Gasteiger partial charge in [-0.25, -0.2) is 4.39 Å². The first-order chi connectivity index (χ1) is 15.3. The van der Waals surface area contributed by atoms with Crippen molar-refractivity contribution in [3.05, 3.63) is 93.0 Å². The molecule has 1 heterocycles. The zero-order valence-corrected chi connectivity index (χ0v) is 18.0. The predicted molar refractivity (Wildman–Crippen MR) is 118 cm³/mol. The van der Waals surface area contributed by atoms with Crippen LogP contribution in [0.4, 0.5) is 4.39 Å². The summed E-state index contributed by atoms with van der Waals surface area (Å²) in [5.41, 5.74) is -0.213. The van der Waals surface area contributed by atoms with Gasteiger partial charge in [-0.15, -0.1) is 0 Å². The van der Waals surface area contributed by atoms with Crippen LogP contribution in [0.25, 0.3) is 0 Å². The van der Waals surface area contributed by atoms with Gasteiger partial charge in [-0.1, -0.05) is 37.3 Å². The van der Waals surface area contributed by atoms with Crippen LogP contribution in [-0.2, 0) is 0 Å². The molecule has 0 aliphatic heterocycles. The first kappa shape index (κ1) is 22.8. The first-order valence-corrected chi connectivity index (χ1v) is 10.2. The Hall–Kier alpha value is -3.92. The monoisotopic (exact) mass is 434 g/mol. The summed E-state index contributed by atoms with van der Waals surface area (Å²) in [5.74, 6) is -1.24. The fourth-order valence-corrected chi connectivity index (χ4v) is 3.62. The second kappa shape index (κ2) is 9.48. The van der Waals surface area contributed by atoms with Crippen molar-refractivity contribution in [1.82, 2.24) is 4.57 Å². The molecular formula is C25H23FN2O4. The molecule has 1 N–H and O–H groups in total. The topological polar surface area (TPSA) is 92.3 Å². The van der Waals surface area contributed by atoms with E-state index in [9.17, 15) is 24.3 Å². The standard InChI is InChI=1S/C25H23FN2O4/c1-4-21(32-19-12-10-18(26)11-13-19)23(29)22-15(2)20(14-27)24(30)28(25(22)31)16(3)17-8-6-5-7-9-17/h5-13,16,21,31H,4H2,1-3H3. The van der Waals surface area contributed by atoms with E-state index in [0.717, 1.165) is 10.1 Å². The number of ketones is 1. The van der Waals surface area contributed by atoms with Crippen molar-refractivity contribution in [2.75, 3.05) is 0 Å². The molecule has 2 unspecified atom stereocenters. The van der Waals surface area contributed by atoms with Gasteiger partial charge in [0, 0.05) is 0 Å². The van der Waals surface area contributed by atoms with E-state index < -0.39 is 35.2 Å². The van der Waals surface area contributed by atoms with Crippen molar-refractivity contribution >= 4 is 5.78 Å². The highest BCUT2D eigenvalue weighted by Crippen LogP contribution is 2.30. The summed E-state index contributed by atoms with van der Waals surface area (Å²) in [6.45, 7) is 4.88. The number of pyridine rings is 1. The Balaban J connectivity index is 2.12. The number of benzene rings is 2. The largest absolute Gasteiger partial charge is 0.494 e. The third-order valence-electron chi connectivity index (χ3n) is 5.42. The van der Waals surface area contributed by atoms with Crippen LogP contribution in [0.1, 0.15) is 53.4 Å². The predicted octanol–water partition coefficient (Wildman–Crippen LogP) is 4.52. The number of nitriles is 1. The minimum Gasteiger partial charge on any atom is -0.494 e. The number of hydrogen-bond donors (Lipinski definition) is 1. The number of nitrogens with zero attached hydrogens (tertiary/aromatic N) is 2. The lowest BCUT2D eigenvalue weighted by Crippen LogP contribution is -2.33. The summed E-state index contributed by atoms with van der Waals surface area (Å²) in [5, 5.41) is 20.7. The van der Waals surface area contributed by atoms with Crippen molar-refractivity contribution in [3.8, 4) is 17.7 Å². The van der Waals surface area contributed by atoms with E-state index in [1.165, 1.54) is 31.2 Å². The lowest BCUT2D eigenvalue weighted by molar-refractivity contribution is 0.0781. The van der Waals surface area contributed by atoms with E-state index in [0.29, 0.717) is 0 Å². The fraction of sp³-hybridized carbons (Fsp3) is 0.240. The van der Waals surface area contributed by atoms with Crippen LogP contribution in [-0.4, -0.2) is 21.6 Å². The molecule has 7 heteroatoms. The maximum atomic E-state index is 13.4. The van der Waals surface area contributed by atoms with Crippen molar-refractivity contribution < 1.29 is 19.0 Å². The third kappa shape index (κ3) is 4.26. The van der Waals surface area contributed by atoms with Gasteiger partial charge in [0.05, 0.1) is 11.6 Å². The number of Topliss-reactive ketones (excluding diaryl/α,β-unsaturated/α-hetero) is 1. The van der Waals surface area contributed by atoms with E-state index in [1.807, 2.05) is 12.1 Å². The molecule has 0 saturated carbocycles. The van der Waals surface area contributed by atoms with E-state index >= 15 is 0 Å². The van der Waals surface area contributed by atoms with Crippen LogP contribution in [0, 0.1) is 24.1 Å². The van der Waals surface area contributed by atoms with E-state index in [1.54, 1.807) is 38.1 Å². The molecule has 0 aliphatic carbocycles. The third-order valence-corrected chi connectivity index (χ3v) is 5.42. The second-order valence-electron chi connectivity index (χ2n) is 7.41. The molecule has 0 radical (unpaired) electrons. The molecule has 3 rings (SSSR count). The molecule has 2 aromatic carbocycles. The zero-order chi connectivity index (χ0) is 23.4. The highest BCUT2D eigenvalue weighted by atomic mass is 19.1. The maximum Gasteiger partial charge on any atom is 0.272 e. The van der Waals surface area contributed by atoms with Crippen LogP contribution in [0.2, 0.25) is 0 Å². The summed E-state index contributed by atoms with van der Waals surface area (Å²) in [4.78, 5) is 26.4. The smallest absolute Gasteiger partial charge is 0.272 e. The minimum absolute atomic E-state index is 0.0951. The lowest BCUT2D eigenvalue weighted by atomic mass is 9.96. The normalized spacial score (nSPS) is 12.6. The first-order valence-electron chi connectivity index (χ1n) is 10.2. The van der Waals surface area contributed by atoms with Crippen molar-refractivity contribution in [1.29, 1.82) is 5.26 Å². The number of rotatable bonds is 7. The summed E-state index contributed by atoms with van der Waals surface area (Å²) in [6, 6.07) is 15.5. The summed E-state index contributed by atoms with van der Waals surface area (Å²) >= 11 is 0. The quantitative estimate of drug-likeness (QED) is 0.552. The van der Waals surface area contributed by atoms with Gasteiger partial charge >= 0.3 is 0 Å². The van der Waals surface area contributed by atoms with Crippen LogP contribution in [0.5, 0.6) is 11.6 Å². The van der Waals surface area contributed by atoms with Gasteiger partial charge in [-0.2, -0.15) is 5.26 Å². The number of carbonyl (C=O) groups excluding carboxylic acids is 1. The highest BCUT2D eigenvalue weighted by Gasteiger charge is 2.31. The Morgan fingerprint density at radius 2 is 1.81 bits per heavy atom. The molecule has 1 aromatic heterocycles. The zero-order valence-electron chi connectivity index (χ0n) is 18.0. The molecule has 3 aromatic rings. The van der Waals surface area contributed by atoms with Gasteiger partial charge < -0.3 is 9.84 Å². The van der Waals surface area contributed by atoms with Crippen molar-refractivity contribution in [2.45, 2.75) is 39.3 Å². The van der Waals surface area contributed by atoms with Gasteiger partial charge in [0.15, 0.2) is 6.10 Å². The van der Waals surface area contributed by atoms with E-state index in [4.69, 9.17) is 4.74 Å². The Kier molecular flexibility index (Phi) is 6.74. The van der Waals surface area contributed by atoms with Gasteiger partial charge in [-0.05, 0) is 55.7 Å². The average molecular weight is 434 g/mol. The van der Waals surface area contributed by atoms with Gasteiger partial charge in [-0.3, -0.25) is 14.2 Å². The molecule has 0 amide bonds. The Bertz CT molecular complexity index is 1230. The summed E-state index contributed by atoms with van der Waals surface area (Å²) in [6.07, 6.45) is -0.751. The Morgan fingerprint density at radius 1 is 1.19 bits per heavy atom. The van der Waals surface area contributed by atoms with E-state index in [-0.39, 0.29) is 28.9 Å². The van der Waals surface area contributed by atoms with Crippen LogP contribution in [0.15, 0.2) is 59.4 Å². The molecule has 164 valence electrons. The number of aromatic hydroxyl groups is 1. The van der Waals surface area contributed by atoms with Crippen LogP contribution in [0.3, 0.4) is 0 Å². The lowest BCUT2D eigenvalue weighted by Gasteiger charge is -2.23. The molecule has 0 aliphatic rings. The molecule has 0 saturated heterocycles. The number of ether oxygens (including phenoxy) is 1. The molecule has 2 atom stereocenters. The van der Waals surface area contributed by atoms with E-state index in [2.05, 4.69) is 0 Å². The SMILES string of the molecule is CCC(Oc1ccc(F)cc1)C(=O)c1c(C)c(C#N)c(=O)n(C(C)c2ccccc2)c1O. The summed E-state index contributed by atoms with van der Waals surface area (Å²) < 4.78 is 20.0. The Morgan fingerprint density at radius 3 is 2.38 bits per heavy atom. The molecule has 32 heavy (non-hydrogen) atoms. The molecule has 0 bridgehead atoms. The van der Waals surface area contributed by atoms with Gasteiger partial charge in [0.2, 0.25) is 11.7 Å². The average Bonchev–Trinajstić information content (AvgIpc) is 2.79. The second-order valence-corrected chi connectivity index (χ2v) is 7.41. The number of aromatic nitrogens is 1. The molecule has 6 nitrogen and oxygen atoms in total. The van der Waals surface area contributed by atoms with Gasteiger partial charge in [0.25, 0.3) is 5.56 Å². The molecular weight excluding hydrogens is 411 g/mol. The van der Waals surface area contributed by atoms with Crippen molar-refractivity contribution in [2.24, 2.45) is 0 Å². The van der Waals surface area contributed by atoms with Crippen molar-refractivity contribution in [3.63, 3.8) is 0 Å². The number of halogens is 1. The number of carbonyl (C=O) groups is 1. The minimum atomic E-state index is -1.01. The number of hydrogen-bond acceptors (Lipinski definition) is 5. The Labute approximate surface area is 185 Å². The van der Waals surface area contributed by atoms with Gasteiger partial charge in [0.1, 0.15) is 23.2 Å². The molecule has 0 fully saturated rings. The maximum absolute atomic E-state index is 13.4. The molecule has 0 spiro atoms. The summed E-state index contributed by atoms with van der Waals surface area (Å²) in [7, 11) is 0. The van der Waals surface area contributed by atoms with Crippen LogP contribution < -0.4 is 10.3 Å². The fourth-order valence-electron chi connectivity index (χ4n) is 3.62. The van der Waals surface area contributed by atoms with Crippen LogP contribution >= 0.6 is 0 Å². The highest BCUT2D eigenvalue weighted by molar-refractivity contribution is 6.03.